The molecule has 8 nitrogen and oxygen atoms in total. The Morgan fingerprint density at radius 2 is 1.90 bits per heavy atom. The average molecular weight is 423 g/mol. The Morgan fingerprint density at radius 3 is 2.61 bits per heavy atom. The fraction of sp³-hybridized carbons (Fsp3) is 0.348. The predicted octanol–water partition coefficient (Wildman–Crippen LogP) is 2.71. The van der Waals surface area contributed by atoms with Crippen LogP contribution in [-0.4, -0.2) is 46.9 Å². The molecule has 162 valence electrons. The lowest BCUT2D eigenvalue weighted by Crippen LogP contribution is -2.41. The standard InChI is InChI=1S/C23H25N3O5/c1-5-8-25-14(2)11-17(15(25)3)18(27)13-26-21(28)23(4,24-22(26)29)16-6-7-19-20(12-16)31-10-9-30-19/h5-7,11-12H,1,8-10,13H2,2-4H3,(H,24,29)/t23-/m1/s1. The molecule has 1 saturated heterocycles. The summed E-state index contributed by atoms with van der Waals surface area (Å²) in [6.45, 7) is 10.2. The van der Waals surface area contributed by atoms with E-state index < -0.39 is 17.5 Å². The van der Waals surface area contributed by atoms with Crippen LogP contribution in [0.5, 0.6) is 11.5 Å². The molecule has 31 heavy (non-hydrogen) atoms. The van der Waals surface area contributed by atoms with Gasteiger partial charge in [0.25, 0.3) is 5.91 Å². The van der Waals surface area contributed by atoms with Crippen molar-refractivity contribution < 1.29 is 23.9 Å². The van der Waals surface area contributed by atoms with Gasteiger partial charge in [-0.25, -0.2) is 4.79 Å². The van der Waals surface area contributed by atoms with Crippen molar-refractivity contribution >= 4 is 17.7 Å². The maximum absolute atomic E-state index is 13.2. The van der Waals surface area contributed by atoms with Gasteiger partial charge < -0.3 is 19.4 Å². The smallest absolute Gasteiger partial charge is 0.325 e. The van der Waals surface area contributed by atoms with Crippen LogP contribution in [0.15, 0.2) is 36.9 Å². The molecule has 2 aromatic rings. The topological polar surface area (TPSA) is 89.9 Å². The summed E-state index contributed by atoms with van der Waals surface area (Å²) >= 11 is 0. The quantitative estimate of drug-likeness (QED) is 0.438. The number of aromatic nitrogens is 1. The molecule has 8 heteroatoms. The van der Waals surface area contributed by atoms with Crippen molar-refractivity contribution in [3.63, 3.8) is 0 Å². The zero-order valence-corrected chi connectivity index (χ0v) is 17.9. The largest absolute Gasteiger partial charge is 0.486 e. The van der Waals surface area contributed by atoms with Gasteiger partial charge in [0.05, 0.1) is 6.54 Å². The number of carbonyl (C=O) groups excluding carboxylic acids is 3. The Hall–Kier alpha value is -3.55. The van der Waals surface area contributed by atoms with Crippen LogP contribution in [0.25, 0.3) is 0 Å². The van der Waals surface area contributed by atoms with Gasteiger partial charge in [-0.3, -0.25) is 14.5 Å². The van der Waals surface area contributed by atoms with E-state index in [9.17, 15) is 14.4 Å². The number of allylic oxidation sites excluding steroid dienone is 1. The molecule has 0 radical (unpaired) electrons. The molecule has 1 aromatic carbocycles. The molecule has 2 aliphatic rings. The van der Waals surface area contributed by atoms with E-state index in [4.69, 9.17) is 9.47 Å². The van der Waals surface area contributed by atoms with Gasteiger partial charge in [-0.2, -0.15) is 0 Å². The second-order valence-electron chi connectivity index (χ2n) is 7.91. The van der Waals surface area contributed by atoms with Gasteiger partial charge in [0, 0.05) is 23.5 Å². The van der Waals surface area contributed by atoms with Crippen LogP contribution in [0.3, 0.4) is 0 Å². The molecule has 3 heterocycles. The summed E-state index contributed by atoms with van der Waals surface area (Å²) in [5.41, 5.74) is 1.46. The molecule has 1 aromatic heterocycles. The fourth-order valence-corrected chi connectivity index (χ4v) is 4.11. The highest BCUT2D eigenvalue weighted by atomic mass is 16.6. The molecule has 1 fully saturated rings. The summed E-state index contributed by atoms with van der Waals surface area (Å²) in [4.78, 5) is 39.8. The lowest BCUT2D eigenvalue weighted by Gasteiger charge is -2.25. The first-order valence-electron chi connectivity index (χ1n) is 10.1. The minimum Gasteiger partial charge on any atom is -0.486 e. The Morgan fingerprint density at radius 1 is 1.19 bits per heavy atom. The lowest BCUT2D eigenvalue weighted by molar-refractivity contribution is -0.130. The highest BCUT2D eigenvalue weighted by Crippen LogP contribution is 2.37. The first kappa shape index (κ1) is 20.7. The lowest BCUT2D eigenvalue weighted by atomic mass is 9.91. The van der Waals surface area contributed by atoms with Crippen LogP contribution in [0.2, 0.25) is 0 Å². The number of aryl methyl sites for hydroxylation is 1. The van der Waals surface area contributed by atoms with E-state index in [-0.39, 0.29) is 12.3 Å². The molecule has 0 bridgehead atoms. The molecular weight excluding hydrogens is 398 g/mol. The summed E-state index contributed by atoms with van der Waals surface area (Å²) in [7, 11) is 0. The van der Waals surface area contributed by atoms with E-state index in [1.54, 1.807) is 37.3 Å². The van der Waals surface area contributed by atoms with Crippen molar-refractivity contribution in [2.45, 2.75) is 32.9 Å². The van der Waals surface area contributed by atoms with E-state index in [0.29, 0.717) is 42.4 Å². The predicted molar refractivity (Wildman–Crippen MR) is 113 cm³/mol. The highest BCUT2D eigenvalue weighted by Gasteiger charge is 2.50. The SMILES string of the molecule is C=CCn1c(C)cc(C(=O)CN2C(=O)N[C@](C)(c3ccc4c(c3)OCCO4)C2=O)c1C. The number of hydrogen-bond donors (Lipinski definition) is 1. The molecule has 0 saturated carbocycles. The number of fused-ring (bicyclic) bond motifs is 1. The van der Waals surface area contributed by atoms with Gasteiger partial charge in [0.1, 0.15) is 18.8 Å². The van der Waals surface area contributed by atoms with Crippen molar-refractivity contribution in [1.82, 2.24) is 14.8 Å². The van der Waals surface area contributed by atoms with Gasteiger partial charge in [-0.1, -0.05) is 12.1 Å². The number of nitrogens with one attached hydrogen (secondary N) is 1. The minimum absolute atomic E-state index is 0.293. The van der Waals surface area contributed by atoms with Crippen molar-refractivity contribution in [1.29, 1.82) is 0 Å². The van der Waals surface area contributed by atoms with Gasteiger partial charge in [0.2, 0.25) is 0 Å². The Labute approximate surface area is 180 Å². The summed E-state index contributed by atoms with van der Waals surface area (Å²) in [5.74, 6) is 0.342. The van der Waals surface area contributed by atoms with E-state index in [1.807, 2.05) is 18.4 Å². The molecule has 1 N–H and O–H groups in total. The number of carbonyl (C=O) groups is 3. The molecular formula is C23H25N3O5. The second-order valence-corrected chi connectivity index (χ2v) is 7.91. The summed E-state index contributed by atoms with van der Waals surface area (Å²) in [6.07, 6.45) is 1.75. The number of benzene rings is 1. The van der Waals surface area contributed by atoms with Gasteiger partial charge in [-0.15, -0.1) is 6.58 Å². The van der Waals surface area contributed by atoms with Gasteiger partial charge >= 0.3 is 6.03 Å². The number of rotatable bonds is 6. The maximum Gasteiger partial charge on any atom is 0.325 e. The number of Topliss-reactive ketones (excluding diaryl/α,β-unsaturated/α-hetero) is 1. The number of nitrogens with zero attached hydrogens (tertiary/aromatic N) is 2. The minimum atomic E-state index is -1.30. The molecule has 0 aliphatic carbocycles. The van der Waals surface area contributed by atoms with E-state index in [0.717, 1.165) is 16.3 Å². The summed E-state index contributed by atoms with van der Waals surface area (Å²) in [6, 6.07) is 6.31. The Bertz CT molecular complexity index is 1100. The van der Waals surface area contributed by atoms with Crippen molar-refractivity contribution in [3.8, 4) is 11.5 Å². The Kier molecular flexibility index (Phi) is 5.08. The number of ketones is 1. The van der Waals surface area contributed by atoms with E-state index >= 15 is 0 Å². The molecule has 1 atom stereocenters. The molecule has 2 aliphatic heterocycles. The zero-order chi connectivity index (χ0) is 22.3. The normalized spacial score (nSPS) is 20.0. The molecule has 4 rings (SSSR count). The average Bonchev–Trinajstić information content (AvgIpc) is 3.16. The first-order chi connectivity index (χ1) is 14.8. The Balaban J connectivity index is 1.58. The van der Waals surface area contributed by atoms with Gasteiger partial charge in [0.15, 0.2) is 17.3 Å². The van der Waals surface area contributed by atoms with Crippen molar-refractivity contribution in [2.24, 2.45) is 0 Å². The van der Waals surface area contributed by atoms with Crippen LogP contribution in [0.4, 0.5) is 4.79 Å². The third-order valence-electron chi connectivity index (χ3n) is 5.88. The van der Waals surface area contributed by atoms with Crippen LogP contribution >= 0.6 is 0 Å². The van der Waals surface area contributed by atoms with Crippen molar-refractivity contribution in [3.05, 3.63) is 59.4 Å². The van der Waals surface area contributed by atoms with Crippen LogP contribution in [-0.2, 0) is 16.9 Å². The summed E-state index contributed by atoms with van der Waals surface area (Å²) in [5, 5.41) is 2.73. The van der Waals surface area contributed by atoms with Crippen LogP contribution in [0, 0.1) is 13.8 Å². The third kappa shape index (κ3) is 3.37. The van der Waals surface area contributed by atoms with E-state index in [2.05, 4.69) is 11.9 Å². The molecule has 0 spiro atoms. The number of ether oxygens (including phenoxy) is 2. The van der Waals surface area contributed by atoms with Crippen molar-refractivity contribution in [2.75, 3.05) is 19.8 Å². The zero-order valence-electron chi connectivity index (χ0n) is 17.9. The van der Waals surface area contributed by atoms with E-state index in [1.165, 1.54) is 0 Å². The number of hydrogen-bond acceptors (Lipinski definition) is 5. The second kappa shape index (κ2) is 7.61. The van der Waals surface area contributed by atoms with Crippen LogP contribution in [0.1, 0.15) is 34.2 Å². The molecule has 0 unspecified atom stereocenters. The molecule has 3 amide bonds. The number of amides is 3. The monoisotopic (exact) mass is 423 g/mol. The highest BCUT2D eigenvalue weighted by molar-refractivity contribution is 6.11. The number of urea groups is 1. The summed E-state index contributed by atoms with van der Waals surface area (Å²) < 4.78 is 13.1. The maximum atomic E-state index is 13.2. The van der Waals surface area contributed by atoms with Crippen LogP contribution < -0.4 is 14.8 Å². The first-order valence-corrected chi connectivity index (χ1v) is 10.1. The number of imide groups is 1. The van der Waals surface area contributed by atoms with Gasteiger partial charge in [-0.05, 0) is 44.5 Å². The third-order valence-corrected chi connectivity index (χ3v) is 5.88. The fourth-order valence-electron chi connectivity index (χ4n) is 4.11.